The topological polar surface area (TPSA) is 62.1 Å². The second kappa shape index (κ2) is 7.65. The molecule has 0 aliphatic carbocycles. The molecule has 0 spiro atoms. The summed E-state index contributed by atoms with van der Waals surface area (Å²) in [4.78, 5) is 11.8. The molecule has 0 saturated heterocycles. The van der Waals surface area contributed by atoms with Gasteiger partial charge in [0.25, 0.3) is 0 Å². The quantitative estimate of drug-likeness (QED) is 0.856. The van der Waals surface area contributed by atoms with Crippen LogP contribution in [0.2, 0.25) is 0 Å². The molecular weight excluding hydrogens is 276 g/mol. The molecule has 110 valence electrons. The van der Waals surface area contributed by atoms with Gasteiger partial charge >= 0.3 is 0 Å². The van der Waals surface area contributed by atoms with Crippen LogP contribution in [0.25, 0.3) is 6.08 Å². The number of carbonyl (C=O) groups excluding carboxylic acids is 1. The standard InChI is InChI=1S/C18H16N2O2/c1-2-22-17-10-8-16(9-11-17)20-18(21)12-7-14-3-5-15(13-19)6-4-14/h3-12H,2H2,1H3,(H,20,21)/b12-7+. The summed E-state index contributed by atoms with van der Waals surface area (Å²) in [5.41, 5.74) is 2.16. The Hall–Kier alpha value is -3.06. The maximum absolute atomic E-state index is 11.8. The summed E-state index contributed by atoms with van der Waals surface area (Å²) < 4.78 is 5.34. The lowest BCUT2D eigenvalue weighted by Gasteiger charge is -2.05. The number of nitrogens with one attached hydrogen (secondary N) is 1. The number of hydrogen-bond acceptors (Lipinski definition) is 3. The molecule has 0 heterocycles. The molecule has 4 heteroatoms. The summed E-state index contributed by atoms with van der Waals surface area (Å²) in [5, 5.41) is 11.5. The van der Waals surface area contributed by atoms with Crippen molar-refractivity contribution < 1.29 is 9.53 Å². The highest BCUT2D eigenvalue weighted by Gasteiger charge is 1.99. The van der Waals surface area contributed by atoms with Crippen LogP contribution < -0.4 is 10.1 Å². The first-order valence-electron chi connectivity index (χ1n) is 6.93. The van der Waals surface area contributed by atoms with E-state index in [0.717, 1.165) is 11.3 Å². The Morgan fingerprint density at radius 3 is 2.45 bits per heavy atom. The Morgan fingerprint density at radius 1 is 1.18 bits per heavy atom. The lowest BCUT2D eigenvalue weighted by Crippen LogP contribution is -2.07. The number of ether oxygens (including phenoxy) is 1. The van der Waals surface area contributed by atoms with E-state index in [2.05, 4.69) is 11.4 Å². The Kier molecular flexibility index (Phi) is 5.33. The largest absolute Gasteiger partial charge is 0.494 e. The predicted octanol–water partition coefficient (Wildman–Crippen LogP) is 3.61. The monoisotopic (exact) mass is 292 g/mol. The third kappa shape index (κ3) is 4.50. The molecule has 0 aliphatic heterocycles. The highest BCUT2D eigenvalue weighted by molar-refractivity contribution is 6.01. The number of anilines is 1. The van der Waals surface area contributed by atoms with Crippen molar-refractivity contribution in [3.8, 4) is 11.8 Å². The van der Waals surface area contributed by atoms with Crippen molar-refractivity contribution in [2.75, 3.05) is 11.9 Å². The van der Waals surface area contributed by atoms with Crippen molar-refractivity contribution >= 4 is 17.7 Å². The van der Waals surface area contributed by atoms with Gasteiger partial charge in [-0.2, -0.15) is 5.26 Å². The van der Waals surface area contributed by atoms with E-state index in [4.69, 9.17) is 10.00 Å². The van der Waals surface area contributed by atoms with Crippen LogP contribution in [0.4, 0.5) is 5.69 Å². The molecule has 2 rings (SSSR count). The van der Waals surface area contributed by atoms with Crippen LogP contribution in [0, 0.1) is 11.3 Å². The van der Waals surface area contributed by atoms with E-state index in [1.807, 2.05) is 19.1 Å². The molecule has 0 fully saturated rings. The van der Waals surface area contributed by atoms with Crippen LogP contribution in [0.1, 0.15) is 18.1 Å². The molecule has 0 unspecified atom stereocenters. The van der Waals surface area contributed by atoms with Crippen molar-refractivity contribution in [3.63, 3.8) is 0 Å². The minimum Gasteiger partial charge on any atom is -0.494 e. The number of hydrogen-bond donors (Lipinski definition) is 1. The van der Waals surface area contributed by atoms with Crippen molar-refractivity contribution in [3.05, 3.63) is 65.7 Å². The second-order valence-corrected chi connectivity index (χ2v) is 4.51. The molecule has 0 saturated carbocycles. The molecule has 1 N–H and O–H groups in total. The van der Waals surface area contributed by atoms with Crippen LogP contribution in [0.15, 0.2) is 54.6 Å². The van der Waals surface area contributed by atoms with Gasteiger partial charge < -0.3 is 10.1 Å². The molecule has 0 bridgehead atoms. The first-order valence-corrected chi connectivity index (χ1v) is 6.93. The fourth-order valence-corrected chi connectivity index (χ4v) is 1.83. The maximum atomic E-state index is 11.8. The van der Waals surface area contributed by atoms with Gasteiger partial charge in [-0.3, -0.25) is 4.79 Å². The molecule has 0 aliphatic rings. The summed E-state index contributed by atoms with van der Waals surface area (Å²) in [6, 6.07) is 16.3. The van der Waals surface area contributed by atoms with Gasteiger partial charge in [0.05, 0.1) is 18.2 Å². The first-order chi connectivity index (χ1) is 10.7. The van der Waals surface area contributed by atoms with Crippen molar-refractivity contribution in [1.82, 2.24) is 0 Å². The molecule has 2 aromatic carbocycles. The molecule has 0 atom stereocenters. The third-order valence-electron chi connectivity index (χ3n) is 2.90. The van der Waals surface area contributed by atoms with E-state index in [-0.39, 0.29) is 5.91 Å². The van der Waals surface area contributed by atoms with Gasteiger partial charge in [-0.25, -0.2) is 0 Å². The smallest absolute Gasteiger partial charge is 0.248 e. The minimum atomic E-state index is -0.214. The number of nitrogens with zero attached hydrogens (tertiary/aromatic N) is 1. The van der Waals surface area contributed by atoms with E-state index in [1.165, 1.54) is 6.08 Å². The van der Waals surface area contributed by atoms with Crippen molar-refractivity contribution in [2.24, 2.45) is 0 Å². The van der Waals surface area contributed by atoms with Gasteiger partial charge in [0.1, 0.15) is 5.75 Å². The lowest BCUT2D eigenvalue weighted by atomic mass is 10.1. The van der Waals surface area contributed by atoms with Crippen LogP contribution in [0.5, 0.6) is 5.75 Å². The lowest BCUT2D eigenvalue weighted by molar-refractivity contribution is -0.111. The zero-order chi connectivity index (χ0) is 15.8. The van der Waals surface area contributed by atoms with E-state index in [9.17, 15) is 4.79 Å². The van der Waals surface area contributed by atoms with Gasteiger partial charge in [-0.05, 0) is 55.0 Å². The fourth-order valence-electron chi connectivity index (χ4n) is 1.83. The molecule has 0 aromatic heterocycles. The average molecular weight is 292 g/mol. The normalized spacial score (nSPS) is 10.2. The zero-order valence-corrected chi connectivity index (χ0v) is 12.2. The Labute approximate surface area is 129 Å². The summed E-state index contributed by atoms with van der Waals surface area (Å²) >= 11 is 0. The minimum absolute atomic E-state index is 0.214. The number of benzene rings is 2. The van der Waals surface area contributed by atoms with Gasteiger partial charge in [-0.1, -0.05) is 12.1 Å². The highest BCUT2D eigenvalue weighted by atomic mass is 16.5. The average Bonchev–Trinajstić information content (AvgIpc) is 2.55. The van der Waals surface area contributed by atoms with Crippen molar-refractivity contribution in [1.29, 1.82) is 5.26 Å². The fraction of sp³-hybridized carbons (Fsp3) is 0.111. The van der Waals surface area contributed by atoms with Gasteiger partial charge in [0, 0.05) is 11.8 Å². The van der Waals surface area contributed by atoms with Crippen LogP contribution in [-0.2, 0) is 4.79 Å². The zero-order valence-electron chi connectivity index (χ0n) is 12.2. The number of carbonyl (C=O) groups is 1. The van der Waals surface area contributed by atoms with Gasteiger partial charge in [0.15, 0.2) is 0 Å². The Morgan fingerprint density at radius 2 is 1.86 bits per heavy atom. The van der Waals surface area contributed by atoms with E-state index in [0.29, 0.717) is 17.9 Å². The maximum Gasteiger partial charge on any atom is 0.248 e. The van der Waals surface area contributed by atoms with Crippen LogP contribution in [0.3, 0.4) is 0 Å². The van der Waals surface area contributed by atoms with E-state index < -0.39 is 0 Å². The molecule has 2 aromatic rings. The summed E-state index contributed by atoms with van der Waals surface area (Å²) in [5.74, 6) is 0.558. The molecule has 22 heavy (non-hydrogen) atoms. The Bertz CT molecular complexity index is 695. The molecule has 0 radical (unpaired) electrons. The van der Waals surface area contributed by atoms with Gasteiger partial charge in [0.2, 0.25) is 5.91 Å². The Balaban J connectivity index is 1.94. The number of amides is 1. The van der Waals surface area contributed by atoms with Crippen molar-refractivity contribution in [2.45, 2.75) is 6.92 Å². The van der Waals surface area contributed by atoms with Gasteiger partial charge in [-0.15, -0.1) is 0 Å². The second-order valence-electron chi connectivity index (χ2n) is 4.51. The number of nitriles is 1. The molecule has 4 nitrogen and oxygen atoms in total. The van der Waals surface area contributed by atoms with E-state index >= 15 is 0 Å². The molecular formula is C18H16N2O2. The van der Waals surface area contributed by atoms with E-state index in [1.54, 1.807) is 42.5 Å². The van der Waals surface area contributed by atoms with Crippen LogP contribution in [-0.4, -0.2) is 12.5 Å². The number of rotatable bonds is 5. The summed E-state index contributed by atoms with van der Waals surface area (Å²) in [6.45, 7) is 2.53. The highest BCUT2D eigenvalue weighted by Crippen LogP contribution is 2.15. The van der Waals surface area contributed by atoms with Crippen LogP contribution >= 0.6 is 0 Å². The third-order valence-corrected chi connectivity index (χ3v) is 2.90. The predicted molar refractivity (Wildman–Crippen MR) is 86.4 cm³/mol. The summed E-state index contributed by atoms with van der Waals surface area (Å²) in [6.07, 6.45) is 3.16. The molecule has 1 amide bonds. The summed E-state index contributed by atoms with van der Waals surface area (Å²) in [7, 11) is 0. The SMILES string of the molecule is CCOc1ccc(NC(=O)/C=C/c2ccc(C#N)cc2)cc1. The first kappa shape index (κ1) is 15.3.